The number of carbonyl (C=O) groups excluding carboxylic acids is 1. The SMILES string of the molecule is CC(=O)OC[C@H](O)[C@H](O)C(C)(C)[C@H](CCO[Si](C)(C)C(C)(C)C)O[Si](C)(C)C(C)(C)C. The Morgan fingerprint density at radius 1 is 0.871 bits per heavy atom. The summed E-state index contributed by atoms with van der Waals surface area (Å²) in [5, 5.41) is 21.6. The minimum Gasteiger partial charge on any atom is -0.463 e. The predicted molar refractivity (Wildman–Crippen MR) is 132 cm³/mol. The lowest BCUT2D eigenvalue weighted by Gasteiger charge is -2.47. The molecule has 0 aliphatic rings. The Labute approximate surface area is 193 Å². The van der Waals surface area contributed by atoms with Gasteiger partial charge in [0.05, 0.1) is 12.2 Å². The smallest absolute Gasteiger partial charge is 0.302 e. The molecule has 3 atom stereocenters. The Morgan fingerprint density at radius 3 is 1.71 bits per heavy atom. The van der Waals surface area contributed by atoms with E-state index >= 15 is 0 Å². The standard InChI is InChI=1S/C23H50O6Si2/c1-17(24)27-16-18(25)20(26)23(8,9)19(29-31(12,13)22(5,6)7)14-15-28-30(10,11)21(2,3)4/h18-20,25-26H,14-16H2,1-13H3/t18-,19-,20-/m0/s1. The summed E-state index contributed by atoms with van der Waals surface area (Å²) in [4.78, 5) is 11.1. The second-order valence-electron chi connectivity index (χ2n) is 12.4. The van der Waals surface area contributed by atoms with Crippen LogP contribution >= 0.6 is 0 Å². The van der Waals surface area contributed by atoms with Crippen molar-refractivity contribution in [2.24, 2.45) is 5.41 Å². The number of aliphatic hydroxyl groups excluding tert-OH is 2. The fourth-order valence-electron chi connectivity index (χ4n) is 2.73. The maximum absolute atomic E-state index is 11.1. The van der Waals surface area contributed by atoms with Gasteiger partial charge >= 0.3 is 5.97 Å². The van der Waals surface area contributed by atoms with Crippen molar-refractivity contribution in [2.75, 3.05) is 13.2 Å². The van der Waals surface area contributed by atoms with E-state index in [1.165, 1.54) is 6.92 Å². The van der Waals surface area contributed by atoms with Gasteiger partial charge in [-0.25, -0.2) is 0 Å². The lowest BCUT2D eigenvalue weighted by Crippen LogP contribution is -2.54. The van der Waals surface area contributed by atoms with Gasteiger partial charge in [0, 0.05) is 18.9 Å². The minimum atomic E-state index is -2.15. The van der Waals surface area contributed by atoms with Crippen LogP contribution < -0.4 is 0 Å². The summed E-state index contributed by atoms with van der Waals surface area (Å²) in [5.74, 6) is -0.485. The number of rotatable bonds is 11. The maximum Gasteiger partial charge on any atom is 0.302 e. The van der Waals surface area contributed by atoms with Crippen molar-refractivity contribution in [1.82, 2.24) is 0 Å². The Balaban J connectivity index is 5.67. The summed E-state index contributed by atoms with van der Waals surface area (Å²) < 4.78 is 18.1. The number of carbonyl (C=O) groups is 1. The highest BCUT2D eigenvalue weighted by molar-refractivity contribution is 6.74. The molecule has 0 saturated heterocycles. The molecule has 0 radical (unpaired) electrons. The molecule has 0 spiro atoms. The molecular formula is C23H50O6Si2. The molecule has 31 heavy (non-hydrogen) atoms. The summed E-state index contributed by atoms with van der Waals surface area (Å²) in [5.41, 5.74) is -0.772. The zero-order valence-corrected chi connectivity index (χ0v) is 24.4. The van der Waals surface area contributed by atoms with Crippen molar-refractivity contribution >= 4 is 22.6 Å². The van der Waals surface area contributed by atoms with Crippen LogP contribution in [0.3, 0.4) is 0 Å². The molecule has 0 heterocycles. The largest absolute Gasteiger partial charge is 0.463 e. The normalized spacial score (nSPS) is 17.3. The van der Waals surface area contributed by atoms with E-state index in [9.17, 15) is 15.0 Å². The molecule has 0 amide bonds. The molecule has 0 fully saturated rings. The number of esters is 1. The highest BCUT2D eigenvalue weighted by Gasteiger charge is 2.47. The lowest BCUT2D eigenvalue weighted by atomic mass is 9.77. The van der Waals surface area contributed by atoms with E-state index in [4.69, 9.17) is 13.6 Å². The Morgan fingerprint density at radius 2 is 1.32 bits per heavy atom. The van der Waals surface area contributed by atoms with Crippen LogP contribution in [0.1, 0.15) is 68.7 Å². The van der Waals surface area contributed by atoms with Gasteiger partial charge in [0.2, 0.25) is 0 Å². The second-order valence-corrected chi connectivity index (χ2v) is 22.0. The second kappa shape index (κ2) is 10.8. The topological polar surface area (TPSA) is 85.2 Å². The third-order valence-corrected chi connectivity index (χ3v) is 16.3. The van der Waals surface area contributed by atoms with Crippen molar-refractivity contribution in [2.45, 2.75) is 123 Å². The Kier molecular flexibility index (Phi) is 10.7. The number of aliphatic hydroxyl groups is 2. The number of ether oxygens (including phenoxy) is 1. The molecule has 0 aromatic heterocycles. The first-order valence-electron chi connectivity index (χ1n) is 11.4. The third-order valence-electron chi connectivity index (χ3n) is 7.31. The van der Waals surface area contributed by atoms with Crippen LogP contribution in [0.25, 0.3) is 0 Å². The van der Waals surface area contributed by atoms with Crippen molar-refractivity contribution < 1.29 is 28.6 Å². The quantitative estimate of drug-likeness (QED) is 0.317. The Hall–Kier alpha value is -0.256. The Bertz CT molecular complexity index is 576. The summed E-state index contributed by atoms with van der Waals surface area (Å²) in [6.07, 6.45) is -2.01. The monoisotopic (exact) mass is 478 g/mol. The van der Waals surface area contributed by atoms with Crippen molar-refractivity contribution in [3.63, 3.8) is 0 Å². The van der Waals surface area contributed by atoms with Gasteiger partial charge in [0.1, 0.15) is 12.7 Å². The van der Waals surface area contributed by atoms with Gasteiger partial charge in [-0.3, -0.25) is 4.79 Å². The first-order valence-corrected chi connectivity index (χ1v) is 17.2. The molecular weight excluding hydrogens is 428 g/mol. The number of hydrogen-bond donors (Lipinski definition) is 2. The van der Waals surface area contributed by atoms with Crippen LogP contribution in [0, 0.1) is 5.41 Å². The van der Waals surface area contributed by atoms with Crippen LogP contribution in [0.15, 0.2) is 0 Å². The van der Waals surface area contributed by atoms with E-state index in [0.717, 1.165) is 0 Å². The van der Waals surface area contributed by atoms with E-state index in [2.05, 4.69) is 67.7 Å². The first kappa shape index (κ1) is 30.7. The van der Waals surface area contributed by atoms with E-state index in [-0.39, 0.29) is 22.8 Å². The van der Waals surface area contributed by atoms with E-state index in [1.54, 1.807) is 0 Å². The molecule has 8 heteroatoms. The summed E-state index contributed by atoms with van der Waals surface area (Å²) in [7, 11) is -4.06. The van der Waals surface area contributed by atoms with Crippen LogP contribution in [-0.4, -0.2) is 64.3 Å². The van der Waals surface area contributed by atoms with Gasteiger partial charge in [-0.1, -0.05) is 55.4 Å². The van der Waals surface area contributed by atoms with Crippen molar-refractivity contribution in [3.8, 4) is 0 Å². The predicted octanol–water partition coefficient (Wildman–Crippen LogP) is 5.10. The molecule has 6 nitrogen and oxygen atoms in total. The zero-order valence-electron chi connectivity index (χ0n) is 22.4. The summed E-state index contributed by atoms with van der Waals surface area (Å²) in [6, 6.07) is 0. The van der Waals surface area contributed by atoms with Gasteiger partial charge in [0.15, 0.2) is 16.6 Å². The highest BCUT2D eigenvalue weighted by atomic mass is 28.4. The van der Waals surface area contributed by atoms with E-state index in [0.29, 0.717) is 13.0 Å². The summed E-state index contributed by atoms with van der Waals surface area (Å²) in [6.45, 7) is 27.4. The van der Waals surface area contributed by atoms with Crippen LogP contribution in [0.2, 0.25) is 36.3 Å². The third kappa shape index (κ3) is 8.89. The van der Waals surface area contributed by atoms with Crippen molar-refractivity contribution in [1.29, 1.82) is 0 Å². The molecule has 0 rings (SSSR count). The molecule has 0 aliphatic carbocycles. The molecule has 0 aliphatic heterocycles. The maximum atomic E-state index is 11.1. The molecule has 0 bridgehead atoms. The van der Waals surface area contributed by atoms with Gasteiger partial charge in [-0.05, 0) is 42.7 Å². The molecule has 0 aromatic rings. The first-order chi connectivity index (χ1) is 13.6. The van der Waals surface area contributed by atoms with Crippen LogP contribution in [0.5, 0.6) is 0 Å². The molecule has 186 valence electrons. The lowest BCUT2D eigenvalue weighted by molar-refractivity contribution is -0.153. The van der Waals surface area contributed by atoms with Gasteiger partial charge in [0.25, 0.3) is 0 Å². The fraction of sp³-hybridized carbons (Fsp3) is 0.957. The van der Waals surface area contributed by atoms with E-state index < -0.39 is 40.2 Å². The molecule has 2 N–H and O–H groups in total. The average molecular weight is 479 g/mol. The number of hydrogen-bond acceptors (Lipinski definition) is 6. The molecule has 0 aromatic carbocycles. The molecule has 0 unspecified atom stereocenters. The minimum absolute atomic E-state index is 0.00290. The van der Waals surface area contributed by atoms with E-state index in [1.807, 2.05) is 13.8 Å². The van der Waals surface area contributed by atoms with Crippen LogP contribution in [0.4, 0.5) is 0 Å². The van der Waals surface area contributed by atoms with Crippen LogP contribution in [-0.2, 0) is 18.4 Å². The highest BCUT2D eigenvalue weighted by Crippen LogP contribution is 2.42. The van der Waals surface area contributed by atoms with Crippen molar-refractivity contribution in [3.05, 3.63) is 0 Å². The summed E-state index contributed by atoms with van der Waals surface area (Å²) >= 11 is 0. The molecule has 0 saturated carbocycles. The zero-order chi connectivity index (χ0) is 25.1. The van der Waals surface area contributed by atoms with Gasteiger partial charge in [-0.2, -0.15) is 0 Å². The van der Waals surface area contributed by atoms with Gasteiger partial charge < -0.3 is 23.8 Å². The fourth-order valence-corrected chi connectivity index (χ4v) is 5.28. The average Bonchev–Trinajstić information content (AvgIpc) is 2.55. The van der Waals surface area contributed by atoms with Gasteiger partial charge in [-0.15, -0.1) is 0 Å².